The lowest BCUT2D eigenvalue weighted by molar-refractivity contribution is -0.122. The maximum atomic E-state index is 12.0. The van der Waals surface area contributed by atoms with Crippen LogP contribution in [0.3, 0.4) is 0 Å². The molecule has 4 nitrogen and oxygen atoms in total. The zero-order valence-corrected chi connectivity index (χ0v) is 12.8. The van der Waals surface area contributed by atoms with Crippen molar-refractivity contribution >= 4 is 5.91 Å². The Balaban J connectivity index is 1.83. The van der Waals surface area contributed by atoms with Gasteiger partial charge in [0, 0.05) is 25.6 Å². The molecule has 2 atom stereocenters. The van der Waals surface area contributed by atoms with Crippen LogP contribution in [0, 0.1) is 5.92 Å². The highest BCUT2D eigenvalue weighted by atomic mass is 16.5. The fourth-order valence-electron chi connectivity index (χ4n) is 2.91. The van der Waals surface area contributed by atoms with Gasteiger partial charge < -0.3 is 15.8 Å². The smallest absolute Gasteiger partial charge is 0.220 e. The van der Waals surface area contributed by atoms with Crippen LogP contribution in [0.1, 0.15) is 43.7 Å². The molecule has 3 N–H and O–H groups in total. The monoisotopic (exact) mass is 290 g/mol. The van der Waals surface area contributed by atoms with Crippen molar-refractivity contribution < 1.29 is 9.53 Å². The van der Waals surface area contributed by atoms with Gasteiger partial charge in [-0.05, 0) is 36.8 Å². The highest BCUT2D eigenvalue weighted by Crippen LogP contribution is 2.26. The van der Waals surface area contributed by atoms with Crippen LogP contribution in [0.4, 0.5) is 0 Å². The van der Waals surface area contributed by atoms with Gasteiger partial charge in [-0.1, -0.05) is 30.7 Å². The van der Waals surface area contributed by atoms with Crippen LogP contribution < -0.4 is 11.1 Å². The second-order valence-electron chi connectivity index (χ2n) is 5.74. The lowest BCUT2D eigenvalue weighted by Gasteiger charge is -2.15. The van der Waals surface area contributed by atoms with Crippen molar-refractivity contribution in [2.24, 2.45) is 11.7 Å². The molecular formula is C17H26N2O2. The average molecular weight is 290 g/mol. The minimum atomic E-state index is 0.101. The molecule has 0 aromatic heterocycles. The second kappa shape index (κ2) is 8.15. The number of hydrogen-bond donors (Lipinski definition) is 2. The Kier molecular flexibility index (Phi) is 6.21. The van der Waals surface area contributed by atoms with Crippen molar-refractivity contribution in [3.63, 3.8) is 0 Å². The maximum Gasteiger partial charge on any atom is 0.220 e. The summed E-state index contributed by atoms with van der Waals surface area (Å²) in [6, 6.07) is 8.27. The number of nitrogens with one attached hydrogen (secondary N) is 1. The SMILES string of the molecule is CCOCc1ccccc1CNC(=O)C[C@@H]1CCC[C@H]1N. The van der Waals surface area contributed by atoms with Gasteiger partial charge >= 0.3 is 0 Å². The molecule has 1 aromatic carbocycles. The Morgan fingerprint density at radius 2 is 2.10 bits per heavy atom. The Hall–Kier alpha value is -1.39. The second-order valence-corrected chi connectivity index (χ2v) is 5.74. The number of hydrogen-bond acceptors (Lipinski definition) is 3. The minimum absolute atomic E-state index is 0.101. The standard InChI is InChI=1S/C17H26N2O2/c1-2-21-12-15-7-4-3-6-14(15)11-19-17(20)10-13-8-5-9-16(13)18/h3-4,6-7,13,16H,2,5,8-12,18H2,1H3,(H,19,20)/t13-,16+/m0/s1. The van der Waals surface area contributed by atoms with Gasteiger partial charge in [-0.3, -0.25) is 4.79 Å². The number of carbonyl (C=O) groups is 1. The molecule has 1 fully saturated rings. The van der Waals surface area contributed by atoms with Gasteiger partial charge in [0.1, 0.15) is 0 Å². The van der Waals surface area contributed by atoms with E-state index in [1.165, 1.54) is 0 Å². The summed E-state index contributed by atoms with van der Waals surface area (Å²) in [6.07, 6.45) is 3.83. The van der Waals surface area contributed by atoms with Crippen molar-refractivity contribution in [3.8, 4) is 0 Å². The van der Waals surface area contributed by atoms with Crippen LogP contribution in [0.25, 0.3) is 0 Å². The highest BCUT2D eigenvalue weighted by Gasteiger charge is 2.25. The van der Waals surface area contributed by atoms with Gasteiger partial charge in [0.25, 0.3) is 0 Å². The Labute approximate surface area is 127 Å². The molecule has 1 aliphatic carbocycles. The van der Waals surface area contributed by atoms with E-state index in [9.17, 15) is 4.79 Å². The van der Waals surface area contributed by atoms with Crippen LogP contribution in [0.5, 0.6) is 0 Å². The zero-order chi connectivity index (χ0) is 15.1. The third-order valence-corrected chi connectivity index (χ3v) is 4.22. The molecule has 116 valence electrons. The van der Waals surface area contributed by atoms with Crippen molar-refractivity contribution in [1.82, 2.24) is 5.32 Å². The number of carbonyl (C=O) groups excluding carboxylic acids is 1. The topological polar surface area (TPSA) is 64.3 Å². The molecule has 0 radical (unpaired) electrons. The first-order valence-corrected chi connectivity index (χ1v) is 7.87. The van der Waals surface area contributed by atoms with Crippen LogP contribution in [-0.4, -0.2) is 18.6 Å². The van der Waals surface area contributed by atoms with E-state index >= 15 is 0 Å². The average Bonchev–Trinajstić information content (AvgIpc) is 2.89. The van der Waals surface area contributed by atoms with Crippen LogP contribution in [-0.2, 0) is 22.7 Å². The molecule has 0 heterocycles. The molecule has 0 spiro atoms. The lowest BCUT2D eigenvalue weighted by Crippen LogP contribution is -2.31. The number of benzene rings is 1. The van der Waals surface area contributed by atoms with Crippen molar-refractivity contribution in [1.29, 1.82) is 0 Å². The van der Waals surface area contributed by atoms with Gasteiger partial charge in [0.05, 0.1) is 6.61 Å². The molecule has 0 aliphatic heterocycles. The summed E-state index contributed by atoms with van der Waals surface area (Å²) in [4.78, 5) is 12.0. The van der Waals surface area contributed by atoms with E-state index in [2.05, 4.69) is 5.32 Å². The number of ether oxygens (including phenoxy) is 1. The van der Waals surface area contributed by atoms with Gasteiger partial charge in [-0.2, -0.15) is 0 Å². The maximum absolute atomic E-state index is 12.0. The van der Waals surface area contributed by atoms with Gasteiger partial charge in [0.15, 0.2) is 0 Å². The molecule has 21 heavy (non-hydrogen) atoms. The summed E-state index contributed by atoms with van der Waals surface area (Å²) in [5, 5.41) is 3.01. The lowest BCUT2D eigenvalue weighted by atomic mass is 10.00. The Morgan fingerprint density at radius 3 is 2.76 bits per heavy atom. The fraction of sp³-hybridized carbons (Fsp3) is 0.588. The molecule has 1 aliphatic rings. The number of amides is 1. The van der Waals surface area contributed by atoms with Crippen molar-refractivity contribution in [3.05, 3.63) is 35.4 Å². The van der Waals surface area contributed by atoms with Gasteiger partial charge in [-0.25, -0.2) is 0 Å². The van der Waals surface area contributed by atoms with E-state index in [-0.39, 0.29) is 11.9 Å². The first kappa shape index (κ1) is 16.0. The van der Waals surface area contributed by atoms with Gasteiger partial charge in [0.2, 0.25) is 5.91 Å². The molecule has 1 amide bonds. The number of rotatable bonds is 7. The van der Waals surface area contributed by atoms with E-state index in [0.717, 1.165) is 30.4 Å². The van der Waals surface area contributed by atoms with Crippen LogP contribution in [0.2, 0.25) is 0 Å². The summed E-state index contributed by atoms with van der Waals surface area (Å²) in [7, 11) is 0. The van der Waals surface area contributed by atoms with Crippen molar-refractivity contribution in [2.75, 3.05) is 6.61 Å². The third kappa shape index (κ3) is 4.83. The van der Waals surface area contributed by atoms with E-state index < -0.39 is 0 Å². The van der Waals surface area contributed by atoms with E-state index in [0.29, 0.717) is 32.1 Å². The van der Waals surface area contributed by atoms with Crippen LogP contribution in [0.15, 0.2) is 24.3 Å². The van der Waals surface area contributed by atoms with Gasteiger partial charge in [-0.15, -0.1) is 0 Å². The largest absolute Gasteiger partial charge is 0.377 e. The Bertz CT molecular complexity index is 462. The molecule has 1 saturated carbocycles. The molecule has 0 unspecified atom stereocenters. The van der Waals surface area contributed by atoms with E-state index in [4.69, 9.17) is 10.5 Å². The summed E-state index contributed by atoms with van der Waals surface area (Å²) in [5.74, 6) is 0.451. The summed E-state index contributed by atoms with van der Waals surface area (Å²) < 4.78 is 5.46. The summed E-state index contributed by atoms with van der Waals surface area (Å²) in [5.41, 5.74) is 8.27. The first-order chi connectivity index (χ1) is 10.2. The third-order valence-electron chi connectivity index (χ3n) is 4.22. The molecule has 0 bridgehead atoms. The Morgan fingerprint density at radius 1 is 1.33 bits per heavy atom. The molecule has 1 aromatic rings. The highest BCUT2D eigenvalue weighted by molar-refractivity contribution is 5.76. The predicted molar refractivity (Wildman–Crippen MR) is 83.6 cm³/mol. The first-order valence-electron chi connectivity index (χ1n) is 7.87. The summed E-state index contributed by atoms with van der Waals surface area (Å²) >= 11 is 0. The predicted octanol–water partition coefficient (Wildman–Crippen LogP) is 2.36. The summed E-state index contributed by atoms with van der Waals surface area (Å²) in [6.45, 7) is 3.83. The van der Waals surface area contributed by atoms with E-state index in [1.807, 2.05) is 31.2 Å². The zero-order valence-electron chi connectivity index (χ0n) is 12.8. The number of nitrogens with two attached hydrogens (primary N) is 1. The molecular weight excluding hydrogens is 264 g/mol. The quantitative estimate of drug-likeness (QED) is 0.810. The van der Waals surface area contributed by atoms with Crippen molar-refractivity contribution in [2.45, 2.75) is 51.8 Å². The fourth-order valence-corrected chi connectivity index (χ4v) is 2.91. The normalized spacial score (nSPS) is 21.4. The minimum Gasteiger partial charge on any atom is -0.377 e. The molecule has 4 heteroatoms. The molecule has 2 rings (SSSR count). The van der Waals surface area contributed by atoms with Crippen LogP contribution >= 0.6 is 0 Å². The molecule has 0 saturated heterocycles. The van der Waals surface area contributed by atoms with E-state index in [1.54, 1.807) is 0 Å².